The molecule has 0 fully saturated rings. The maximum Gasteiger partial charge on any atom is 0.257 e. The van der Waals surface area contributed by atoms with E-state index in [1.165, 1.54) is 6.08 Å². The van der Waals surface area contributed by atoms with Crippen LogP contribution < -0.4 is 11.3 Å². The predicted molar refractivity (Wildman–Crippen MR) is 45.6 cm³/mol. The van der Waals surface area contributed by atoms with Crippen LogP contribution in [0.4, 0.5) is 0 Å². The Morgan fingerprint density at radius 2 is 2.17 bits per heavy atom. The van der Waals surface area contributed by atoms with Crippen LogP contribution in [-0.2, 0) is 4.79 Å². The number of nitrogens with zero attached hydrogens (tertiary/aromatic N) is 1. The summed E-state index contributed by atoms with van der Waals surface area (Å²) in [6.45, 7) is 0. The van der Waals surface area contributed by atoms with E-state index in [-0.39, 0.29) is 5.91 Å². The zero-order chi connectivity index (χ0) is 8.81. The third kappa shape index (κ3) is 2.51. The van der Waals surface area contributed by atoms with Crippen molar-refractivity contribution in [3.05, 3.63) is 36.2 Å². The van der Waals surface area contributed by atoms with Gasteiger partial charge in [-0.25, -0.2) is 5.84 Å². The van der Waals surface area contributed by atoms with Crippen molar-refractivity contribution in [2.75, 3.05) is 0 Å². The Morgan fingerprint density at radius 3 is 2.75 bits per heavy atom. The van der Waals surface area contributed by atoms with E-state index in [1.54, 1.807) is 30.6 Å². The highest BCUT2D eigenvalue weighted by atomic mass is 16.2. The van der Waals surface area contributed by atoms with Crippen LogP contribution in [0.15, 0.2) is 30.6 Å². The molecule has 0 atom stereocenters. The standard InChI is InChI=1S/C8H9N3O/c9-11-8(12)2-1-7-3-5-10-6-4-7/h1-6H,9H2,(H,11,12). The molecular weight excluding hydrogens is 154 g/mol. The molecule has 0 saturated heterocycles. The topological polar surface area (TPSA) is 68.0 Å². The minimum atomic E-state index is -0.327. The van der Waals surface area contributed by atoms with Crippen LogP contribution in [0.1, 0.15) is 5.56 Å². The number of amides is 1. The van der Waals surface area contributed by atoms with E-state index in [2.05, 4.69) is 4.98 Å². The predicted octanol–water partition coefficient (Wildman–Crippen LogP) is 0.0847. The molecule has 0 aliphatic rings. The fourth-order valence-corrected chi connectivity index (χ4v) is 0.695. The maximum atomic E-state index is 10.6. The second-order valence-corrected chi connectivity index (χ2v) is 2.12. The third-order valence-corrected chi connectivity index (χ3v) is 1.28. The van der Waals surface area contributed by atoms with Gasteiger partial charge >= 0.3 is 0 Å². The first-order chi connectivity index (χ1) is 5.83. The van der Waals surface area contributed by atoms with E-state index >= 15 is 0 Å². The Bertz CT molecular complexity index is 282. The van der Waals surface area contributed by atoms with Gasteiger partial charge in [-0.3, -0.25) is 15.2 Å². The molecule has 62 valence electrons. The molecule has 0 aromatic carbocycles. The number of carbonyl (C=O) groups is 1. The van der Waals surface area contributed by atoms with Gasteiger partial charge in [0.2, 0.25) is 0 Å². The summed E-state index contributed by atoms with van der Waals surface area (Å²) in [6, 6.07) is 3.58. The average molecular weight is 163 g/mol. The van der Waals surface area contributed by atoms with Gasteiger partial charge in [-0.2, -0.15) is 0 Å². The van der Waals surface area contributed by atoms with Gasteiger partial charge < -0.3 is 0 Å². The molecule has 0 aliphatic heterocycles. The minimum Gasteiger partial charge on any atom is -0.291 e. The number of carbonyl (C=O) groups excluding carboxylic acids is 1. The fraction of sp³-hybridized carbons (Fsp3) is 0. The van der Waals surface area contributed by atoms with Crippen LogP contribution in [0.5, 0.6) is 0 Å². The zero-order valence-electron chi connectivity index (χ0n) is 6.40. The summed E-state index contributed by atoms with van der Waals surface area (Å²) in [4.78, 5) is 14.5. The molecule has 0 unspecified atom stereocenters. The fourth-order valence-electron chi connectivity index (χ4n) is 0.695. The second-order valence-electron chi connectivity index (χ2n) is 2.12. The molecule has 12 heavy (non-hydrogen) atoms. The molecule has 0 spiro atoms. The molecule has 0 bridgehead atoms. The van der Waals surface area contributed by atoms with E-state index in [0.29, 0.717) is 0 Å². The Kier molecular flexibility index (Phi) is 2.98. The number of pyridine rings is 1. The largest absolute Gasteiger partial charge is 0.291 e. The van der Waals surface area contributed by atoms with Crippen molar-refractivity contribution >= 4 is 12.0 Å². The quantitative estimate of drug-likeness (QED) is 0.281. The monoisotopic (exact) mass is 163 g/mol. The first-order valence-electron chi connectivity index (χ1n) is 3.41. The summed E-state index contributed by atoms with van der Waals surface area (Å²) in [7, 11) is 0. The lowest BCUT2D eigenvalue weighted by Crippen LogP contribution is -2.27. The Balaban J connectivity index is 2.64. The molecule has 1 amide bonds. The van der Waals surface area contributed by atoms with Crippen LogP contribution in [0.3, 0.4) is 0 Å². The summed E-state index contributed by atoms with van der Waals surface area (Å²) in [5.41, 5.74) is 2.90. The average Bonchev–Trinajstić information content (AvgIpc) is 2.16. The van der Waals surface area contributed by atoms with E-state index in [0.717, 1.165) is 5.56 Å². The van der Waals surface area contributed by atoms with Crippen LogP contribution in [-0.4, -0.2) is 10.9 Å². The Hall–Kier alpha value is -1.68. The van der Waals surface area contributed by atoms with Gasteiger partial charge in [0.15, 0.2) is 0 Å². The summed E-state index contributed by atoms with van der Waals surface area (Å²) >= 11 is 0. The van der Waals surface area contributed by atoms with E-state index in [1.807, 2.05) is 5.43 Å². The van der Waals surface area contributed by atoms with Gasteiger partial charge in [-0.1, -0.05) is 0 Å². The van der Waals surface area contributed by atoms with Crippen molar-refractivity contribution in [2.45, 2.75) is 0 Å². The minimum absolute atomic E-state index is 0.327. The van der Waals surface area contributed by atoms with Crippen molar-refractivity contribution in [3.63, 3.8) is 0 Å². The number of hydrazine groups is 1. The SMILES string of the molecule is NNC(=O)C=Cc1ccncc1. The Morgan fingerprint density at radius 1 is 1.50 bits per heavy atom. The maximum absolute atomic E-state index is 10.6. The lowest BCUT2D eigenvalue weighted by atomic mass is 10.2. The summed E-state index contributed by atoms with van der Waals surface area (Å²) < 4.78 is 0. The molecule has 1 aromatic rings. The second kappa shape index (κ2) is 4.25. The van der Waals surface area contributed by atoms with Gasteiger partial charge in [-0.05, 0) is 23.8 Å². The normalized spacial score (nSPS) is 10.1. The number of rotatable bonds is 2. The van der Waals surface area contributed by atoms with Gasteiger partial charge in [0.05, 0.1) is 0 Å². The smallest absolute Gasteiger partial charge is 0.257 e. The number of hydrogen-bond donors (Lipinski definition) is 2. The molecule has 3 N–H and O–H groups in total. The highest BCUT2D eigenvalue weighted by molar-refractivity contribution is 5.91. The van der Waals surface area contributed by atoms with Gasteiger partial charge in [0, 0.05) is 18.5 Å². The molecule has 4 heteroatoms. The number of nitrogens with one attached hydrogen (secondary N) is 1. The van der Waals surface area contributed by atoms with E-state index < -0.39 is 0 Å². The van der Waals surface area contributed by atoms with Crippen molar-refractivity contribution in [2.24, 2.45) is 5.84 Å². The molecule has 1 rings (SSSR count). The van der Waals surface area contributed by atoms with Crippen molar-refractivity contribution in [1.82, 2.24) is 10.4 Å². The first kappa shape index (κ1) is 8.42. The zero-order valence-corrected chi connectivity index (χ0v) is 6.40. The van der Waals surface area contributed by atoms with Crippen LogP contribution in [0.2, 0.25) is 0 Å². The summed E-state index contributed by atoms with van der Waals surface area (Å²) in [5.74, 6) is 4.55. The van der Waals surface area contributed by atoms with Gasteiger partial charge in [-0.15, -0.1) is 0 Å². The molecule has 1 heterocycles. The van der Waals surface area contributed by atoms with Gasteiger partial charge in [0.1, 0.15) is 0 Å². The van der Waals surface area contributed by atoms with Crippen molar-refractivity contribution < 1.29 is 4.79 Å². The molecule has 0 saturated carbocycles. The first-order valence-corrected chi connectivity index (χ1v) is 3.41. The number of hydrogen-bond acceptors (Lipinski definition) is 3. The highest BCUT2D eigenvalue weighted by Gasteiger charge is 1.88. The van der Waals surface area contributed by atoms with E-state index in [4.69, 9.17) is 5.84 Å². The van der Waals surface area contributed by atoms with Crippen molar-refractivity contribution in [1.29, 1.82) is 0 Å². The number of aromatic nitrogens is 1. The lowest BCUT2D eigenvalue weighted by molar-refractivity contribution is -0.116. The lowest BCUT2D eigenvalue weighted by Gasteiger charge is -1.90. The van der Waals surface area contributed by atoms with Crippen LogP contribution >= 0.6 is 0 Å². The molecule has 1 aromatic heterocycles. The summed E-state index contributed by atoms with van der Waals surface area (Å²) in [5, 5.41) is 0. The summed E-state index contributed by atoms with van der Waals surface area (Å²) in [6.07, 6.45) is 6.32. The van der Waals surface area contributed by atoms with E-state index in [9.17, 15) is 4.79 Å². The molecule has 4 nitrogen and oxygen atoms in total. The van der Waals surface area contributed by atoms with Gasteiger partial charge in [0.25, 0.3) is 5.91 Å². The number of nitrogens with two attached hydrogens (primary N) is 1. The van der Waals surface area contributed by atoms with Crippen molar-refractivity contribution in [3.8, 4) is 0 Å². The van der Waals surface area contributed by atoms with Crippen LogP contribution in [0.25, 0.3) is 6.08 Å². The highest BCUT2D eigenvalue weighted by Crippen LogP contribution is 1.97. The molecule has 0 aliphatic carbocycles. The third-order valence-electron chi connectivity index (χ3n) is 1.28. The molecular formula is C8H9N3O. The molecule has 0 radical (unpaired) electrons. The Labute approximate surface area is 70.1 Å². The van der Waals surface area contributed by atoms with Crippen LogP contribution in [0, 0.1) is 0 Å².